The lowest BCUT2D eigenvalue weighted by atomic mass is 9.88. The van der Waals surface area contributed by atoms with Gasteiger partial charge in [-0.05, 0) is 17.5 Å². The van der Waals surface area contributed by atoms with Gasteiger partial charge < -0.3 is 10.0 Å². The second kappa shape index (κ2) is 7.30. The fourth-order valence-electron chi connectivity index (χ4n) is 3.29. The maximum atomic E-state index is 12.7. The van der Waals surface area contributed by atoms with Gasteiger partial charge in [0.1, 0.15) is 0 Å². The predicted molar refractivity (Wildman–Crippen MR) is 91.7 cm³/mol. The summed E-state index contributed by atoms with van der Waals surface area (Å²) in [6.07, 6.45) is 0.906. The number of carboxylic acids is 1. The van der Waals surface area contributed by atoms with E-state index < -0.39 is 11.9 Å². The minimum atomic E-state index is -0.812. The Morgan fingerprint density at radius 3 is 2.00 bits per heavy atom. The van der Waals surface area contributed by atoms with Crippen molar-refractivity contribution < 1.29 is 14.7 Å². The largest absolute Gasteiger partial charge is 0.481 e. The minimum Gasteiger partial charge on any atom is -0.481 e. The quantitative estimate of drug-likeness (QED) is 0.919. The fraction of sp³-hybridized carbons (Fsp3) is 0.300. The number of carboxylic acid groups (broad SMARTS) is 1. The van der Waals surface area contributed by atoms with Gasteiger partial charge in [-0.25, -0.2) is 0 Å². The molecule has 1 heterocycles. The molecule has 2 aromatic rings. The molecule has 1 aliphatic rings. The van der Waals surface area contributed by atoms with Crippen molar-refractivity contribution in [2.75, 3.05) is 13.1 Å². The number of amides is 1. The van der Waals surface area contributed by atoms with Gasteiger partial charge in [0.2, 0.25) is 5.91 Å². The number of nitrogens with zero attached hydrogens (tertiary/aromatic N) is 1. The van der Waals surface area contributed by atoms with Gasteiger partial charge in [0.25, 0.3) is 0 Å². The highest BCUT2D eigenvalue weighted by Gasteiger charge is 2.32. The Bertz CT molecular complexity index is 660. The number of aliphatic carboxylic acids is 1. The zero-order valence-corrected chi connectivity index (χ0v) is 13.5. The molecule has 1 aliphatic heterocycles. The second-order valence-corrected chi connectivity index (χ2v) is 6.24. The molecule has 0 aromatic heterocycles. The first-order valence-corrected chi connectivity index (χ1v) is 8.25. The van der Waals surface area contributed by atoms with Crippen LogP contribution in [0.5, 0.6) is 0 Å². The van der Waals surface area contributed by atoms with E-state index in [1.54, 1.807) is 4.90 Å². The molecule has 3 rings (SSSR count). The summed E-state index contributed by atoms with van der Waals surface area (Å²) in [6, 6.07) is 20.0. The molecule has 0 spiro atoms. The number of rotatable bonds is 5. The van der Waals surface area contributed by atoms with E-state index >= 15 is 0 Å². The van der Waals surface area contributed by atoms with Gasteiger partial charge in [-0.1, -0.05) is 60.7 Å². The molecule has 124 valence electrons. The molecule has 1 atom stereocenters. The van der Waals surface area contributed by atoms with Gasteiger partial charge in [0, 0.05) is 25.4 Å². The van der Waals surface area contributed by atoms with Crippen molar-refractivity contribution >= 4 is 11.9 Å². The SMILES string of the molecule is O=C(O)[C@@H]1CCN(C(=O)CC(c2ccccc2)c2ccccc2)C1. The van der Waals surface area contributed by atoms with E-state index in [9.17, 15) is 9.59 Å². The molecule has 2 aromatic carbocycles. The van der Waals surface area contributed by atoms with Crippen LogP contribution < -0.4 is 0 Å². The molecule has 1 saturated heterocycles. The van der Waals surface area contributed by atoms with Crippen molar-refractivity contribution in [2.45, 2.75) is 18.8 Å². The Morgan fingerprint density at radius 1 is 1.00 bits per heavy atom. The number of likely N-dealkylation sites (tertiary alicyclic amines) is 1. The number of hydrogen-bond donors (Lipinski definition) is 1. The third-order valence-corrected chi connectivity index (χ3v) is 4.67. The monoisotopic (exact) mass is 323 g/mol. The van der Waals surface area contributed by atoms with Gasteiger partial charge in [-0.15, -0.1) is 0 Å². The molecule has 1 fully saturated rings. The Labute approximate surface area is 141 Å². The molecule has 0 saturated carbocycles. The fourth-order valence-corrected chi connectivity index (χ4v) is 3.29. The first-order valence-electron chi connectivity index (χ1n) is 8.25. The van der Waals surface area contributed by atoms with Gasteiger partial charge in [-0.2, -0.15) is 0 Å². The van der Waals surface area contributed by atoms with Crippen molar-refractivity contribution in [1.29, 1.82) is 0 Å². The van der Waals surface area contributed by atoms with E-state index in [0.717, 1.165) is 11.1 Å². The van der Waals surface area contributed by atoms with E-state index in [1.807, 2.05) is 60.7 Å². The van der Waals surface area contributed by atoms with Crippen LogP contribution in [0.25, 0.3) is 0 Å². The Hall–Kier alpha value is -2.62. The van der Waals surface area contributed by atoms with Crippen LogP contribution in [-0.4, -0.2) is 35.0 Å². The van der Waals surface area contributed by atoms with Crippen LogP contribution >= 0.6 is 0 Å². The van der Waals surface area contributed by atoms with Crippen LogP contribution in [-0.2, 0) is 9.59 Å². The Kier molecular flexibility index (Phi) is 4.94. The first-order chi connectivity index (χ1) is 11.6. The summed E-state index contributed by atoms with van der Waals surface area (Å²) in [7, 11) is 0. The van der Waals surface area contributed by atoms with Crippen LogP contribution in [0.2, 0.25) is 0 Å². The van der Waals surface area contributed by atoms with Crippen molar-refractivity contribution in [1.82, 2.24) is 4.90 Å². The topological polar surface area (TPSA) is 57.6 Å². The summed E-state index contributed by atoms with van der Waals surface area (Å²) in [5.41, 5.74) is 2.21. The highest BCUT2D eigenvalue weighted by Crippen LogP contribution is 2.29. The number of benzene rings is 2. The van der Waals surface area contributed by atoms with E-state index in [0.29, 0.717) is 25.9 Å². The van der Waals surface area contributed by atoms with Crippen molar-refractivity contribution in [2.24, 2.45) is 5.92 Å². The molecule has 0 aliphatic carbocycles. The first kappa shape index (κ1) is 16.2. The highest BCUT2D eigenvalue weighted by atomic mass is 16.4. The van der Waals surface area contributed by atoms with Crippen LogP contribution in [0.4, 0.5) is 0 Å². The maximum absolute atomic E-state index is 12.7. The predicted octanol–water partition coefficient (Wildman–Crippen LogP) is 3.14. The highest BCUT2D eigenvalue weighted by molar-refractivity contribution is 5.80. The number of carbonyl (C=O) groups excluding carboxylic acids is 1. The standard InChI is InChI=1S/C20H21NO3/c22-19(21-12-11-17(14-21)20(23)24)13-18(15-7-3-1-4-8-15)16-9-5-2-6-10-16/h1-10,17-18H,11-14H2,(H,23,24)/t17-/m1/s1. The lowest BCUT2D eigenvalue weighted by Gasteiger charge is -2.22. The van der Waals surface area contributed by atoms with Gasteiger partial charge in [-0.3, -0.25) is 9.59 Å². The molecule has 4 heteroatoms. The maximum Gasteiger partial charge on any atom is 0.308 e. The molecule has 0 radical (unpaired) electrons. The second-order valence-electron chi connectivity index (χ2n) is 6.24. The normalized spacial score (nSPS) is 17.2. The average Bonchev–Trinajstić information content (AvgIpc) is 3.11. The van der Waals surface area contributed by atoms with Gasteiger partial charge >= 0.3 is 5.97 Å². The summed E-state index contributed by atoms with van der Waals surface area (Å²) in [5, 5.41) is 9.11. The lowest BCUT2D eigenvalue weighted by molar-refractivity contribution is -0.141. The van der Waals surface area contributed by atoms with Crippen LogP contribution in [0.15, 0.2) is 60.7 Å². The zero-order chi connectivity index (χ0) is 16.9. The Morgan fingerprint density at radius 2 is 1.54 bits per heavy atom. The summed E-state index contributed by atoms with van der Waals surface area (Å²) in [6.45, 7) is 0.858. The molecule has 1 amide bonds. The van der Waals surface area contributed by atoms with Crippen molar-refractivity contribution in [3.63, 3.8) is 0 Å². The average molecular weight is 323 g/mol. The zero-order valence-electron chi connectivity index (χ0n) is 13.5. The molecular formula is C20H21NO3. The van der Waals surface area contributed by atoms with E-state index in [4.69, 9.17) is 5.11 Å². The minimum absolute atomic E-state index is 0.0104. The van der Waals surface area contributed by atoms with E-state index in [1.165, 1.54) is 0 Å². The third-order valence-electron chi connectivity index (χ3n) is 4.67. The lowest BCUT2D eigenvalue weighted by Crippen LogP contribution is -2.31. The van der Waals surface area contributed by atoms with Crippen molar-refractivity contribution in [3.8, 4) is 0 Å². The summed E-state index contributed by atoms with van der Waals surface area (Å²) in [4.78, 5) is 25.5. The van der Waals surface area contributed by atoms with Crippen LogP contribution in [0.1, 0.15) is 29.9 Å². The third kappa shape index (κ3) is 3.65. The molecule has 4 nitrogen and oxygen atoms in total. The number of carbonyl (C=O) groups is 2. The summed E-state index contributed by atoms with van der Waals surface area (Å²) >= 11 is 0. The van der Waals surface area contributed by atoms with Gasteiger partial charge in [0.15, 0.2) is 0 Å². The number of hydrogen-bond acceptors (Lipinski definition) is 2. The summed E-state index contributed by atoms with van der Waals surface area (Å²) in [5.74, 6) is -1.23. The molecule has 0 unspecified atom stereocenters. The van der Waals surface area contributed by atoms with Crippen LogP contribution in [0, 0.1) is 5.92 Å². The smallest absolute Gasteiger partial charge is 0.308 e. The van der Waals surface area contributed by atoms with Crippen LogP contribution in [0.3, 0.4) is 0 Å². The Balaban J connectivity index is 1.78. The van der Waals surface area contributed by atoms with E-state index in [2.05, 4.69) is 0 Å². The van der Waals surface area contributed by atoms with Gasteiger partial charge in [0.05, 0.1) is 5.92 Å². The molecule has 24 heavy (non-hydrogen) atoms. The molecule has 0 bridgehead atoms. The molecular weight excluding hydrogens is 302 g/mol. The van der Waals surface area contributed by atoms with Crippen molar-refractivity contribution in [3.05, 3.63) is 71.8 Å². The summed E-state index contributed by atoms with van der Waals surface area (Å²) < 4.78 is 0. The van der Waals surface area contributed by atoms with E-state index in [-0.39, 0.29) is 11.8 Å². The molecule has 1 N–H and O–H groups in total.